The van der Waals surface area contributed by atoms with E-state index in [2.05, 4.69) is 22.1 Å². The summed E-state index contributed by atoms with van der Waals surface area (Å²) in [4.78, 5) is 8.88. The van der Waals surface area contributed by atoms with Gasteiger partial charge < -0.3 is 9.84 Å². The standard InChI is InChI=1S/C25H24N2O2/c1-17(2)29-21-11-8-18(9-12-21)23(16-20-7-3-4-14-26-20)22-13-10-19-6-5-15-27-24(19)25(22)28/h3-15,17,23,28H,16H2,1-2H3. The fraction of sp³-hybridized carbons (Fsp3) is 0.200. The Morgan fingerprint density at radius 1 is 0.862 bits per heavy atom. The molecule has 146 valence electrons. The van der Waals surface area contributed by atoms with Gasteiger partial charge in [-0.15, -0.1) is 0 Å². The molecule has 2 aromatic carbocycles. The molecule has 0 amide bonds. The summed E-state index contributed by atoms with van der Waals surface area (Å²) in [5.74, 6) is 1.01. The first kappa shape index (κ1) is 18.9. The number of hydrogen-bond donors (Lipinski definition) is 1. The van der Waals surface area contributed by atoms with Crippen molar-refractivity contribution in [2.75, 3.05) is 0 Å². The lowest BCUT2D eigenvalue weighted by Crippen LogP contribution is -2.08. The zero-order chi connectivity index (χ0) is 20.2. The fourth-order valence-corrected chi connectivity index (χ4v) is 3.61. The van der Waals surface area contributed by atoms with Crippen LogP contribution in [0.5, 0.6) is 11.5 Å². The molecule has 2 aromatic heterocycles. The highest BCUT2D eigenvalue weighted by Gasteiger charge is 2.21. The zero-order valence-electron chi connectivity index (χ0n) is 16.6. The molecule has 0 fully saturated rings. The van der Waals surface area contributed by atoms with E-state index in [1.54, 1.807) is 12.4 Å². The molecule has 0 bridgehead atoms. The molecule has 1 unspecified atom stereocenters. The van der Waals surface area contributed by atoms with Gasteiger partial charge in [-0.3, -0.25) is 9.97 Å². The van der Waals surface area contributed by atoms with Crippen LogP contribution < -0.4 is 4.74 Å². The lowest BCUT2D eigenvalue weighted by molar-refractivity contribution is 0.242. The van der Waals surface area contributed by atoms with Crippen LogP contribution in [0.4, 0.5) is 0 Å². The van der Waals surface area contributed by atoms with Gasteiger partial charge in [0.1, 0.15) is 17.0 Å². The number of fused-ring (bicyclic) bond motifs is 1. The Morgan fingerprint density at radius 2 is 1.66 bits per heavy atom. The maximum absolute atomic E-state index is 11.0. The first-order valence-corrected chi connectivity index (χ1v) is 9.85. The molecule has 4 rings (SSSR count). The van der Waals surface area contributed by atoms with Gasteiger partial charge in [0.15, 0.2) is 0 Å². The first-order valence-electron chi connectivity index (χ1n) is 9.85. The summed E-state index contributed by atoms with van der Waals surface area (Å²) in [7, 11) is 0. The topological polar surface area (TPSA) is 55.2 Å². The van der Waals surface area contributed by atoms with Gasteiger partial charge >= 0.3 is 0 Å². The van der Waals surface area contributed by atoms with E-state index in [1.807, 2.05) is 68.4 Å². The van der Waals surface area contributed by atoms with Crippen molar-refractivity contribution in [1.29, 1.82) is 0 Å². The molecule has 0 saturated heterocycles. The Kier molecular flexibility index (Phi) is 5.43. The second kappa shape index (κ2) is 8.31. The number of nitrogens with zero attached hydrogens (tertiary/aromatic N) is 2. The van der Waals surface area contributed by atoms with E-state index in [0.717, 1.165) is 28.0 Å². The van der Waals surface area contributed by atoms with E-state index in [1.165, 1.54) is 0 Å². The predicted molar refractivity (Wildman–Crippen MR) is 115 cm³/mol. The van der Waals surface area contributed by atoms with Gasteiger partial charge in [0.25, 0.3) is 0 Å². The van der Waals surface area contributed by atoms with Crippen molar-refractivity contribution in [3.05, 3.63) is 95.9 Å². The summed E-state index contributed by atoms with van der Waals surface area (Å²) in [5.41, 5.74) is 3.54. The molecular weight excluding hydrogens is 360 g/mol. The summed E-state index contributed by atoms with van der Waals surface area (Å²) in [6, 6.07) is 21.8. The summed E-state index contributed by atoms with van der Waals surface area (Å²) in [6.07, 6.45) is 4.31. The second-order valence-corrected chi connectivity index (χ2v) is 7.39. The number of benzene rings is 2. The van der Waals surface area contributed by atoms with Crippen molar-refractivity contribution in [1.82, 2.24) is 9.97 Å². The Balaban J connectivity index is 1.77. The highest BCUT2D eigenvalue weighted by Crippen LogP contribution is 2.38. The van der Waals surface area contributed by atoms with Crippen LogP contribution in [-0.2, 0) is 6.42 Å². The molecular formula is C25H24N2O2. The Morgan fingerprint density at radius 3 is 2.38 bits per heavy atom. The van der Waals surface area contributed by atoms with Crippen LogP contribution in [0.15, 0.2) is 79.1 Å². The molecule has 1 atom stereocenters. The maximum Gasteiger partial charge on any atom is 0.145 e. The van der Waals surface area contributed by atoms with E-state index in [-0.39, 0.29) is 17.8 Å². The van der Waals surface area contributed by atoms with E-state index in [4.69, 9.17) is 4.74 Å². The molecule has 4 heteroatoms. The van der Waals surface area contributed by atoms with Crippen LogP contribution in [0, 0.1) is 0 Å². The summed E-state index contributed by atoms with van der Waals surface area (Å²) in [6.45, 7) is 4.02. The average molecular weight is 384 g/mol. The van der Waals surface area contributed by atoms with Crippen LogP contribution in [-0.4, -0.2) is 21.2 Å². The number of rotatable bonds is 6. The normalized spacial score (nSPS) is 12.2. The van der Waals surface area contributed by atoms with Gasteiger partial charge in [-0.2, -0.15) is 0 Å². The molecule has 0 saturated carbocycles. The predicted octanol–water partition coefficient (Wildman–Crippen LogP) is 5.50. The molecule has 4 nitrogen and oxygen atoms in total. The number of phenols is 1. The minimum Gasteiger partial charge on any atom is -0.505 e. The van der Waals surface area contributed by atoms with E-state index >= 15 is 0 Å². The number of pyridine rings is 2. The Hall–Kier alpha value is -3.40. The minimum absolute atomic E-state index is 0.0515. The van der Waals surface area contributed by atoms with Gasteiger partial charge in [-0.25, -0.2) is 0 Å². The minimum atomic E-state index is -0.0515. The Labute approximate surface area is 170 Å². The van der Waals surface area contributed by atoms with Crippen molar-refractivity contribution in [3.8, 4) is 11.5 Å². The first-order chi connectivity index (χ1) is 14.1. The van der Waals surface area contributed by atoms with E-state index < -0.39 is 0 Å². The number of aromatic nitrogens is 2. The molecule has 4 aromatic rings. The van der Waals surface area contributed by atoms with Crippen molar-refractivity contribution in [3.63, 3.8) is 0 Å². The van der Waals surface area contributed by atoms with Crippen LogP contribution in [0.2, 0.25) is 0 Å². The van der Waals surface area contributed by atoms with Crippen LogP contribution in [0.3, 0.4) is 0 Å². The third-order valence-corrected chi connectivity index (χ3v) is 4.95. The number of phenolic OH excluding ortho intramolecular Hbond substituents is 1. The zero-order valence-corrected chi connectivity index (χ0v) is 16.6. The largest absolute Gasteiger partial charge is 0.505 e. The maximum atomic E-state index is 11.0. The SMILES string of the molecule is CC(C)Oc1ccc(C(Cc2ccccn2)c2ccc3cccnc3c2O)cc1. The monoisotopic (exact) mass is 384 g/mol. The van der Waals surface area contributed by atoms with Crippen molar-refractivity contribution < 1.29 is 9.84 Å². The van der Waals surface area contributed by atoms with E-state index in [0.29, 0.717) is 11.9 Å². The van der Waals surface area contributed by atoms with Crippen LogP contribution in [0.1, 0.15) is 36.6 Å². The lowest BCUT2D eigenvalue weighted by Gasteiger charge is -2.20. The molecule has 0 radical (unpaired) electrons. The molecule has 1 N–H and O–H groups in total. The van der Waals surface area contributed by atoms with Gasteiger partial charge in [-0.1, -0.05) is 36.4 Å². The van der Waals surface area contributed by atoms with Crippen molar-refractivity contribution >= 4 is 10.9 Å². The highest BCUT2D eigenvalue weighted by atomic mass is 16.5. The molecule has 0 spiro atoms. The molecule has 2 heterocycles. The highest BCUT2D eigenvalue weighted by molar-refractivity contribution is 5.85. The third-order valence-electron chi connectivity index (χ3n) is 4.95. The van der Waals surface area contributed by atoms with Gasteiger partial charge in [0, 0.05) is 41.4 Å². The molecule has 0 aliphatic rings. The fourth-order valence-electron chi connectivity index (χ4n) is 3.61. The summed E-state index contributed by atoms with van der Waals surface area (Å²) >= 11 is 0. The second-order valence-electron chi connectivity index (χ2n) is 7.39. The molecule has 0 aliphatic carbocycles. The molecule has 0 aliphatic heterocycles. The number of aromatic hydroxyl groups is 1. The van der Waals surface area contributed by atoms with Crippen molar-refractivity contribution in [2.45, 2.75) is 32.3 Å². The van der Waals surface area contributed by atoms with E-state index in [9.17, 15) is 5.11 Å². The molecule has 29 heavy (non-hydrogen) atoms. The average Bonchev–Trinajstić information content (AvgIpc) is 2.74. The quantitative estimate of drug-likeness (QED) is 0.477. The van der Waals surface area contributed by atoms with Gasteiger partial charge in [0.05, 0.1) is 6.10 Å². The lowest BCUT2D eigenvalue weighted by atomic mass is 9.86. The summed E-state index contributed by atoms with van der Waals surface area (Å²) in [5, 5.41) is 11.9. The Bertz CT molecular complexity index is 1090. The van der Waals surface area contributed by atoms with Crippen molar-refractivity contribution in [2.24, 2.45) is 0 Å². The smallest absolute Gasteiger partial charge is 0.145 e. The summed E-state index contributed by atoms with van der Waals surface area (Å²) < 4.78 is 5.78. The van der Waals surface area contributed by atoms with Crippen LogP contribution in [0.25, 0.3) is 10.9 Å². The number of hydrogen-bond acceptors (Lipinski definition) is 4. The van der Waals surface area contributed by atoms with Gasteiger partial charge in [-0.05, 0) is 49.7 Å². The number of ether oxygens (including phenoxy) is 1. The third kappa shape index (κ3) is 4.21. The van der Waals surface area contributed by atoms with Crippen LogP contribution >= 0.6 is 0 Å². The van der Waals surface area contributed by atoms with Gasteiger partial charge in [0.2, 0.25) is 0 Å².